The molecule has 0 saturated carbocycles. The summed E-state index contributed by atoms with van der Waals surface area (Å²) in [4.78, 5) is 31.7. The van der Waals surface area contributed by atoms with Gasteiger partial charge < -0.3 is 19.6 Å². The molecule has 2 heterocycles. The zero-order chi connectivity index (χ0) is 25.2. The first-order chi connectivity index (χ1) is 17.6. The minimum Gasteiger partial charge on any atom is -0.488 e. The molecule has 0 radical (unpaired) electrons. The van der Waals surface area contributed by atoms with Crippen molar-refractivity contribution >= 4 is 49.6 Å². The van der Waals surface area contributed by atoms with Gasteiger partial charge in [-0.1, -0.05) is 26.8 Å². The van der Waals surface area contributed by atoms with Crippen molar-refractivity contribution in [3.63, 3.8) is 0 Å². The number of fused-ring (bicyclic) bond motifs is 6. The van der Waals surface area contributed by atoms with Crippen molar-refractivity contribution in [1.29, 1.82) is 0 Å². The first-order valence-electron chi connectivity index (χ1n) is 12.8. The van der Waals surface area contributed by atoms with Gasteiger partial charge >= 0.3 is 5.97 Å². The summed E-state index contributed by atoms with van der Waals surface area (Å²) in [5, 5.41) is 4.21. The van der Waals surface area contributed by atoms with E-state index in [1.807, 2.05) is 12.1 Å². The number of rotatable bonds is 10. The number of likely N-dealkylation sites (N-methyl/N-ethyl adjacent to an activating group) is 1. The molecule has 7 nitrogen and oxygen atoms in total. The van der Waals surface area contributed by atoms with Gasteiger partial charge in [0.25, 0.3) is 0 Å². The number of carbonyl (C=O) groups is 1. The van der Waals surface area contributed by atoms with E-state index < -0.39 is 5.97 Å². The predicted octanol–water partition coefficient (Wildman–Crippen LogP) is 6.35. The molecule has 0 amide bonds. The SMILES string of the molecule is CCOOC(=O)c1ccc2[nH]c3c(OCCN(CC)CC)c4[nH]c5ccc(CC)cc5c4cc3c2c1. The van der Waals surface area contributed by atoms with Crippen LogP contribution in [0.4, 0.5) is 0 Å². The van der Waals surface area contributed by atoms with E-state index >= 15 is 0 Å². The Labute approximate surface area is 210 Å². The van der Waals surface area contributed by atoms with Gasteiger partial charge in [0.15, 0.2) is 5.75 Å². The molecule has 0 bridgehead atoms. The van der Waals surface area contributed by atoms with Gasteiger partial charge in [-0.25, -0.2) is 4.79 Å². The molecule has 2 aromatic heterocycles. The minimum atomic E-state index is -0.510. The van der Waals surface area contributed by atoms with Gasteiger partial charge in [-0.05, 0) is 68.4 Å². The highest BCUT2D eigenvalue weighted by molar-refractivity contribution is 6.21. The van der Waals surface area contributed by atoms with Crippen molar-refractivity contribution in [2.75, 3.05) is 32.8 Å². The van der Waals surface area contributed by atoms with E-state index in [4.69, 9.17) is 14.5 Å². The van der Waals surface area contributed by atoms with Gasteiger partial charge in [-0.15, -0.1) is 0 Å². The Morgan fingerprint density at radius 3 is 2.14 bits per heavy atom. The Bertz CT molecular complexity index is 1540. The number of hydrogen-bond acceptors (Lipinski definition) is 5. The maximum Gasteiger partial charge on any atom is 0.373 e. The van der Waals surface area contributed by atoms with Crippen LogP contribution in [-0.2, 0) is 16.2 Å². The van der Waals surface area contributed by atoms with Crippen molar-refractivity contribution in [2.45, 2.75) is 34.1 Å². The van der Waals surface area contributed by atoms with Crippen LogP contribution in [0.25, 0.3) is 43.6 Å². The van der Waals surface area contributed by atoms with Crippen LogP contribution >= 0.6 is 0 Å². The maximum atomic E-state index is 12.5. The predicted molar refractivity (Wildman–Crippen MR) is 145 cm³/mol. The standard InChI is InChI=1S/C29H33N3O4/c1-5-18-9-11-24-20(15-18)22-17-23-21-16-19(29(33)36-35-8-4)10-12-25(21)31-27(23)28(26(22)30-24)34-14-13-32(6-2)7-3/h9-12,15-17,30-31H,5-8,13-14H2,1-4H3. The number of nitrogens with zero attached hydrogens (tertiary/aromatic N) is 1. The Kier molecular flexibility index (Phi) is 6.85. The van der Waals surface area contributed by atoms with Gasteiger partial charge in [0.05, 0.1) is 23.2 Å². The molecular formula is C29H33N3O4. The van der Waals surface area contributed by atoms with Crippen LogP contribution in [0.5, 0.6) is 5.75 Å². The van der Waals surface area contributed by atoms with E-state index in [0.29, 0.717) is 18.8 Å². The summed E-state index contributed by atoms with van der Waals surface area (Å²) in [5.41, 5.74) is 5.62. The molecular weight excluding hydrogens is 454 g/mol. The quantitative estimate of drug-likeness (QED) is 0.177. The molecule has 0 aliphatic heterocycles. The lowest BCUT2D eigenvalue weighted by atomic mass is 10.0. The van der Waals surface area contributed by atoms with Crippen LogP contribution in [0.3, 0.4) is 0 Å². The lowest BCUT2D eigenvalue weighted by molar-refractivity contribution is -0.236. The molecule has 36 heavy (non-hydrogen) atoms. The third-order valence-electron chi connectivity index (χ3n) is 6.93. The van der Waals surface area contributed by atoms with Crippen molar-refractivity contribution in [3.05, 3.63) is 53.6 Å². The van der Waals surface area contributed by atoms with Gasteiger partial charge in [-0.3, -0.25) is 4.89 Å². The summed E-state index contributed by atoms with van der Waals surface area (Å²) in [7, 11) is 0. The maximum absolute atomic E-state index is 12.5. The normalized spacial score (nSPS) is 11.9. The van der Waals surface area contributed by atoms with Crippen LogP contribution in [0, 0.1) is 0 Å². The Morgan fingerprint density at radius 1 is 0.833 bits per heavy atom. The highest BCUT2D eigenvalue weighted by Crippen LogP contribution is 2.41. The zero-order valence-electron chi connectivity index (χ0n) is 21.4. The van der Waals surface area contributed by atoms with Gasteiger partial charge in [0.2, 0.25) is 0 Å². The van der Waals surface area contributed by atoms with Gasteiger partial charge in [0.1, 0.15) is 6.61 Å². The fraction of sp³-hybridized carbons (Fsp3) is 0.345. The van der Waals surface area contributed by atoms with E-state index in [1.165, 1.54) is 10.9 Å². The second kappa shape index (κ2) is 10.2. The number of aromatic amines is 2. The molecule has 0 unspecified atom stereocenters. The van der Waals surface area contributed by atoms with E-state index in [0.717, 1.165) is 70.0 Å². The summed E-state index contributed by atoms with van der Waals surface area (Å²) < 4.78 is 6.50. The summed E-state index contributed by atoms with van der Waals surface area (Å²) >= 11 is 0. The number of H-pyrrole nitrogens is 2. The Morgan fingerprint density at radius 2 is 1.50 bits per heavy atom. The second-order valence-electron chi connectivity index (χ2n) is 8.95. The number of carbonyl (C=O) groups excluding carboxylic acids is 1. The van der Waals surface area contributed by atoms with Crippen molar-refractivity contribution in [2.24, 2.45) is 0 Å². The number of ether oxygens (including phenoxy) is 1. The highest BCUT2D eigenvalue weighted by Gasteiger charge is 2.19. The van der Waals surface area contributed by atoms with Crippen LogP contribution in [-0.4, -0.2) is 53.7 Å². The third-order valence-corrected chi connectivity index (χ3v) is 6.93. The molecule has 0 spiro atoms. The van der Waals surface area contributed by atoms with Crippen LogP contribution in [0.15, 0.2) is 42.5 Å². The molecule has 0 atom stereocenters. The zero-order valence-corrected chi connectivity index (χ0v) is 21.4. The second-order valence-corrected chi connectivity index (χ2v) is 8.95. The van der Waals surface area contributed by atoms with Crippen molar-refractivity contribution in [1.82, 2.24) is 14.9 Å². The molecule has 7 heteroatoms. The van der Waals surface area contributed by atoms with E-state index in [2.05, 4.69) is 59.9 Å². The molecule has 0 aliphatic carbocycles. The summed E-state index contributed by atoms with van der Waals surface area (Å²) in [6.45, 7) is 12.0. The average molecular weight is 488 g/mol. The monoisotopic (exact) mass is 487 g/mol. The highest BCUT2D eigenvalue weighted by atomic mass is 17.2. The van der Waals surface area contributed by atoms with E-state index in [1.54, 1.807) is 13.0 Å². The van der Waals surface area contributed by atoms with E-state index in [9.17, 15) is 4.79 Å². The Hall–Kier alpha value is -3.55. The molecule has 188 valence electrons. The van der Waals surface area contributed by atoms with Gasteiger partial charge in [-0.2, -0.15) is 4.89 Å². The summed E-state index contributed by atoms with van der Waals surface area (Å²) in [6.07, 6.45) is 0.969. The third kappa shape index (κ3) is 4.29. The summed E-state index contributed by atoms with van der Waals surface area (Å²) in [6, 6.07) is 14.2. The molecule has 5 aromatic rings. The molecule has 0 saturated heterocycles. The molecule has 3 aromatic carbocycles. The first kappa shape index (κ1) is 24.2. The first-order valence-corrected chi connectivity index (χ1v) is 12.8. The lowest BCUT2D eigenvalue weighted by Crippen LogP contribution is -2.27. The van der Waals surface area contributed by atoms with E-state index in [-0.39, 0.29) is 0 Å². The number of aryl methyl sites for hydroxylation is 1. The summed E-state index contributed by atoms with van der Waals surface area (Å²) in [5.74, 6) is 0.295. The average Bonchev–Trinajstić information content (AvgIpc) is 3.46. The smallest absolute Gasteiger partial charge is 0.373 e. The molecule has 0 fully saturated rings. The number of aromatic nitrogens is 2. The van der Waals surface area contributed by atoms with Crippen LogP contribution in [0.1, 0.15) is 43.6 Å². The van der Waals surface area contributed by atoms with Crippen LogP contribution in [0.2, 0.25) is 0 Å². The topological polar surface area (TPSA) is 79.6 Å². The molecule has 0 aliphatic rings. The van der Waals surface area contributed by atoms with Crippen molar-refractivity contribution in [3.8, 4) is 5.75 Å². The van der Waals surface area contributed by atoms with Crippen molar-refractivity contribution < 1.29 is 19.3 Å². The lowest BCUT2D eigenvalue weighted by Gasteiger charge is -2.18. The fourth-order valence-corrected chi connectivity index (χ4v) is 4.87. The van der Waals surface area contributed by atoms with Gasteiger partial charge in [0, 0.05) is 39.1 Å². The molecule has 2 N–H and O–H groups in total. The Balaban J connectivity index is 1.70. The number of hydrogen-bond donors (Lipinski definition) is 2. The number of benzene rings is 3. The minimum absolute atomic E-state index is 0.299. The number of nitrogens with one attached hydrogen (secondary N) is 2. The fourth-order valence-electron chi connectivity index (χ4n) is 4.87. The molecule has 5 rings (SSSR count). The van der Waals surface area contributed by atoms with Crippen LogP contribution < -0.4 is 4.74 Å². The largest absolute Gasteiger partial charge is 0.488 e.